The van der Waals surface area contributed by atoms with Crippen LogP contribution >= 0.6 is 23.2 Å². The van der Waals surface area contributed by atoms with Crippen LogP contribution in [0.1, 0.15) is 45.6 Å². The van der Waals surface area contributed by atoms with E-state index in [9.17, 15) is 30.0 Å². The van der Waals surface area contributed by atoms with Gasteiger partial charge in [0, 0.05) is 59.7 Å². The highest BCUT2D eigenvalue weighted by atomic mass is 35.5. The van der Waals surface area contributed by atoms with Crippen molar-refractivity contribution in [1.82, 2.24) is 20.6 Å². The van der Waals surface area contributed by atoms with Gasteiger partial charge < -0.3 is 50.0 Å². The molecule has 2 heterocycles. The molecule has 0 aliphatic carbocycles. The number of carbonyl (C=O) groups excluding carboxylic acids is 2. The van der Waals surface area contributed by atoms with Crippen LogP contribution in [-0.2, 0) is 45.1 Å². The number of aliphatic hydroxyl groups is 4. The molecule has 0 fully saturated rings. The third-order valence-corrected chi connectivity index (χ3v) is 10.4. The van der Waals surface area contributed by atoms with Gasteiger partial charge in [-0.25, -0.2) is 19.6 Å². The molecule has 0 radical (unpaired) electrons. The van der Waals surface area contributed by atoms with E-state index in [4.69, 9.17) is 42.1 Å². The van der Waals surface area contributed by atoms with Crippen LogP contribution in [0.4, 0.5) is 0 Å². The van der Waals surface area contributed by atoms with Crippen LogP contribution in [0.5, 0.6) is 23.3 Å². The van der Waals surface area contributed by atoms with Gasteiger partial charge >= 0.3 is 11.9 Å². The number of ether oxygens (including phenoxy) is 4. The fourth-order valence-corrected chi connectivity index (χ4v) is 6.80. The van der Waals surface area contributed by atoms with E-state index in [1.807, 2.05) is 24.3 Å². The lowest BCUT2D eigenvalue weighted by atomic mass is 10.0. The second-order valence-corrected chi connectivity index (χ2v) is 15.6. The molecule has 0 aliphatic rings. The van der Waals surface area contributed by atoms with Crippen molar-refractivity contribution < 1.29 is 49.0 Å². The molecule has 334 valence electrons. The Morgan fingerprint density at radius 2 is 0.938 bits per heavy atom. The number of pyridine rings is 2. The summed E-state index contributed by atoms with van der Waals surface area (Å²) in [6.07, 6.45) is 1.86. The number of rotatable bonds is 22. The van der Waals surface area contributed by atoms with Gasteiger partial charge in [-0.15, -0.1) is 0 Å². The molecule has 6 aromatic rings. The van der Waals surface area contributed by atoms with Gasteiger partial charge in [-0.05, 0) is 107 Å². The zero-order valence-corrected chi connectivity index (χ0v) is 36.1. The van der Waals surface area contributed by atoms with Crippen LogP contribution < -0.4 is 20.1 Å². The van der Waals surface area contributed by atoms with E-state index in [0.29, 0.717) is 68.4 Å². The first-order valence-corrected chi connectivity index (χ1v) is 21.1. The molecular weight excluding hydrogens is 863 g/mol. The van der Waals surface area contributed by atoms with Crippen molar-refractivity contribution in [3.63, 3.8) is 0 Å². The van der Waals surface area contributed by atoms with Crippen molar-refractivity contribution in [1.29, 1.82) is 0 Å². The number of carbonyl (C=O) groups is 2. The number of esters is 2. The van der Waals surface area contributed by atoms with Crippen molar-refractivity contribution in [2.45, 2.75) is 50.3 Å². The Morgan fingerprint density at radius 1 is 0.547 bits per heavy atom. The molecule has 6 rings (SSSR count). The van der Waals surface area contributed by atoms with Gasteiger partial charge in [0.05, 0.1) is 25.4 Å². The van der Waals surface area contributed by atoms with Crippen LogP contribution in [0.15, 0.2) is 134 Å². The summed E-state index contributed by atoms with van der Waals surface area (Å²) < 4.78 is 22.6. The van der Waals surface area contributed by atoms with Gasteiger partial charge in [0.15, 0.2) is 0 Å². The smallest absolute Gasteiger partial charge is 0.417 e. The Hall–Kier alpha value is -5.94. The summed E-state index contributed by atoms with van der Waals surface area (Å²) in [5.74, 6) is -0.636. The standard InChI is InChI=1S/C48H48Cl2N4O10/c49-37-5-1-3-35(21-37)43(57)25-51-39(19-31-7-13-41(14-8-31)63-45-17-11-33(27-55)23-53-45)29-61-47(59)48(60)62-30-40(52-26-44(58)36-4-2-6-38(50)22-36)20-32-9-15-42(16-10-32)64-46-18-12-34(28-56)24-54-46/h1-18,21-24,39-40,43-44,51-52,55-58H,19-20,25-30H2/t39-,40-,43+,44+/m0/s1. The number of aromatic nitrogens is 2. The molecule has 0 spiro atoms. The van der Waals surface area contributed by atoms with Crippen molar-refractivity contribution in [2.75, 3.05) is 26.3 Å². The molecule has 6 N–H and O–H groups in total. The minimum atomic E-state index is -1.20. The molecule has 0 aliphatic heterocycles. The third-order valence-electron chi connectivity index (χ3n) is 9.88. The molecule has 0 bridgehead atoms. The summed E-state index contributed by atoms with van der Waals surface area (Å²) in [6, 6.07) is 33.7. The van der Waals surface area contributed by atoms with Crippen LogP contribution in [-0.4, -0.2) is 80.7 Å². The molecule has 14 nitrogen and oxygen atoms in total. The minimum Gasteiger partial charge on any atom is -0.456 e. The fraction of sp³-hybridized carbons (Fsp3) is 0.250. The van der Waals surface area contributed by atoms with E-state index in [1.54, 1.807) is 97.1 Å². The highest BCUT2D eigenvalue weighted by Crippen LogP contribution is 2.24. The third kappa shape index (κ3) is 15.1. The van der Waals surface area contributed by atoms with Gasteiger partial charge in [0.2, 0.25) is 11.8 Å². The first-order chi connectivity index (χ1) is 31.0. The molecule has 16 heteroatoms. The maximum atomic E-state index is 13.1. The maximum absolute atomic E-state index is 13.1. The van der Waals surface area contributed by atoms with E-state index in [0.717, 1.165) is 11.1 Å². The van der Waals surface area contributed by atoms with E-state index >= 15 is 0 Å². The Bertz CT molecular complexity index is 2220. The molecule has 0 saturated carbocycles. The average molecular weight is 912 g/mol. The second kappa shape index (κ2) is 24.2. The quantitative estimate of drug-likeness (QED) is 0.0314. The molecular formula is C48H48Cl2N4O10. The molecule has 0 amide bonds. The van der Waals surface area contributed by atoms with E-state index in [2.05, 4.69) is 20.6 Å². The van der Waals surface area contributed by atoms with Crippen LogP contribution in [0, 0.1) is 0 Å². The first-order valence-electron chi connectivity index (χ1n) is 20.4. The van der Waals surface area contributed by atoms with Crippen molar-refractivity contribution in [2.24, 2.45) is 0 Å². The molecule has 0 saturated heterocycles. The largest absolute Gasteiger partial charge is 0.456 e. The molecule has 4 aromatic carbocycles. The Morgan fingerprint density at radius 3 is 1.28 bits per heavy atom. The molecule has 2 aromatic heterocycles. The van der Waals surface area contributed by atoms with E-state index < -0.39 is 36.2 Å². The molecule has 0 unspecified atom stereocenters. The van der Waals surface area contributed by atoms with Crippen molar-refractivity contribution in [3.05, 3.63) is 177 Å². The Balaban J connectivity index is 1.07. The van der Waals surface area contributed by atoms with Gasteiger partial charge in [0.25, 0.3) is 0 Å². The predicted octanol–water partition coefficient (Wildman–Crippen LogP) is 6.61. The van der Waals surface area contributed by atoms with Crippen LogP contribution in [0.3, 0.4) is 0 Å². The number of benzene rings is 4. The lowest BCUT2D eigenvalue weighted by molar-refractivity contribution is -0.168. The summed E-state index contributed by atoms with van der Waals surface area (Å²) in [4.78, 5) is 34.6. The number of halogens is 2. The van der Waals surface area contributed by atoms with E-state index in [1.165, 1.54) is 12.4 Å². The number of hydrogen-bond donors (Lipinski definition) is 6. The van der Waals surface area contributed by atoms with Gasteiger partial charge in [0.1, 0.15) is 24.7 Å². The normalized spacial score (nSPS) is 13.0. The van der Waals surface area contributed by atoms with Gasteiger partial charge in [-0.3, -0.25) is 0 Å². The van der Waals surface area contributed by atoms with E-state index in [-0.39, 0.29) is 39.5 Å². The van der Waals surface area contributed by atoms with Crippen LogP contribution in [0.25, 0.3) is 0 Å². The number of hydrogen-bond acceptors (Lipinski definition) is 14. The topological polar surface area (TPSA) is 202 Å². The summed E-state index contributed by atoms with van der Waals surface area (Å²) in [6.45, 7) is -0.565. The van der Waals surface area contributed by atoms with Crippen LogP contribution in [0.2, 0.25) is 10.0 Å². The Kier molecular flexibility index (Phi) is 18.0. The SMILES string of the molecule is O=C(OC[C@H](Cc1ccc(Oc2ccc(CO)cn2)cc1)NC[C@@H](O)c1cccc(Cl)c1)C(=O)OC[C@H](Cc1ccc(Oc2ccc(CO)cn2)cc1)NC[C@@H](O)c1cccc(Cl)c1. The summed E-state index contributed by atoms with van der Waals surface area (Å²) in [5.41, 5.74) is 4.18. The highest BCUT2D eigenvalue weighted by molar-refractivity contribution is 6.31. The fourth-order valence-electron chi connectivity index (χ4n) is 6.40. The van der Waals surface area contributed by atoms with Crippen molar-refractivity contribution in [3.8, 4) is 23.3 Å². The molecule has 64 heavy (non-hydrogen) atoms. The summed E-state index contributed by atoms with van der Waals surface area (Å²) in [7, 11) is 0. The summed E-state index contributed by atoms with van der Waals surface area (Å²) >= 11 is 12.3. The lowest BCUT2D eigenvalue weighted by Crippen LogP contribution is -2.41. The molecule has 4 atom stereocenters. The average Bonchev–Trinajstić information content (AvgIpc) is 3.31. The zero-order valence-electron chi connectivity index (χ0n) is 34.6. The number of aliphatic hydroxyl groups excluding tert-OH is 4. The summed E-state index contributed by atoms with van der Waals surface area (Å²) in [5, 5.41) is 47.8. The van der Waals surface area contributed by atoms with Gasteiger partial charge in [-0.2, -0.15) is 0 Å². The minimum absolute atomic E-state index is 0.0831. The van der Waals surface area contributed by atoms with Crippen molar-refractivity contribution >= 4 is 35.1 Å². The van der Waals surface area contributed by atoms with Gasteiger partial charge in [-0.1, -0.05) is 71.7 Å². The number of nitrogens with zero attached hydrogens (tertiary/aromatic N) is 2. The Labute approximate surface area is 380 Å². The number of nitrogens with one attached hydrogen (secondary N) is 2. The lowest BCUT2D eigenvalue weighted by Gasteiger charge is -2.22. The zero-order chi connectivity index (χ0) is 45.3. The monoisotopic (exact) mass is 910 g/mol. The predicted molar refractivity (Wildman–Crippen MR) is 239 cm³/mol. The highest BCUT2D eigenvalue weighted by Gasteiger charge is 2.24. The maximum Gasteiger partial charge on any atom is 0.417 e. The first kappa shape index (κ1) is 47.5. The second-order valence-electron chi connectivity index (χ2n) is 14.8.